The molecular weight excluding hydrogens is 495 g/mol. The number of aromatic nitrogens is 2. The van der Waals surface area contributed by atoms with Crippen LogP contribution in [0.5, 0.6) is 0 Å². The van der Waals surface area contributed by atoms with Crippen LogP contribution in [0, 0.1) is 0 Å². The van der Waals surface area contributed by atoms with Gasteiger partial charge in [0, 0.05) is 25.1 Å². The highest BCUT2D eigenvalue weighted by Gasteiger charge is 2.26. The number of halogens is 2. The molecule has 10 heteroatoms. The molecule has 34 heavy (non-hydrogen) atoms. The van der Waals surface area contributed by atoms with Crippen molar-refractivity contribution in [2.24, 2.45) is 0 Å². The first-order chi connectivity index (χ1) is 16.1. The van der Waals surface area contributed by atoms with Gasteiger partial charge >= 0.3 is 6.09 Å². The van der Waals surface area contributed by atoms with E-state index in [1.807, 2.05) is 39.0 Å². The summed E-state index contributed by atoms with van der Waals surface area (Å²) < 4.78 is 5.47. The van der Waals surface area contributed by atoms with E-state index in [4.69, 9.17) is 27.9 Å². The van der Waals surface area contributed by atoms with Crippen LogP contribution in [0.25, 0.3) is 0 Å². The molecule has 1 N–H and O–H groups in total. The van der Waals surface area contributed by atoms with Crippen molar-refractivity contribution in [3.63, 3.8) is 0 Å². The molecule has 3 aromatic rings. The predicted molar refractivity (Wildman–Crippen MR) is 134 cm³/mol. The zero-order chi connectivity index (χ0) is 24.5. The highest BCUT2D eigenvalue weighted by atomic mass is 35.5. The van der Waals surface area contributed by atoms with Gasteiger partial charge in [0.1, 0.15) is 10.6 Å². The van der Waals surface area contributed by atoms with Gasteiger partial charge in [-0.15, -0.1) is 10.2 Å². The monoisotopic (exact) mass is 518 g/mol. The molecule has 0 fully saturated rings. The predicted octanol–water partition coefficient (Wildman–Crippen LogP) is 5.98. The van der Waals surface area contributed by atoms with Crippen molar-refractivity contribution in [2.75, 3.05) is 11.9 Å². The Morgan fingerprint density at radius 2 is 1.88 bits per heavy atom. The van der Waals surface area contributed by atoms with Gasteiger partial charge < -0.3 is 9.64 Å². The fraction of sp³-hybridized carbons (Fsp3) is 0.333. The summed E-state index contributed by atoms with van der Waals surface area (Å²) in [7, 11) is 0. The highest BCUT2D eigenvalue weighted by molar-refractivity contribution is 7.15. The van der Waals surface area contributed by atoms with Gasteiger partial charge in [0.25, 0.3) is 5.91 Å². The number of nitrogens with zero attached hydrogens (tertiary/aromatic N) is 3. The quantitative estimate of drug-likeness (QED) is 0.459. The van der Waals surface area contributed by atoms with Gasteiger partial charge in [0.05, 0.1) is 10.0 Å². The largest absolute Gasteiger partial charge is 0.444 e. The minimum Gasteiger partial charge on any atom is -0.444 e. The number of hydrogen-bond acceptors (Lipinski definition) is 6. The van der Waals surface area contributed by atoms with Crippen LogP contribution in [-0.4, -0.2) is 39.2 Å². The van der Waals surface area contributed by atoms with E-state index in [-0.39, 0.29) is 12.0 Å². The molecule has 178 valence electrons. The number of ether oxygens (including phenoxy) is 1. The van der Waals surface area contributed by atoms with Crippen LogP contribution in [0.1, 0.15) is 52.8 Å². The van der Waals surface area contributed by atoms with Gasteiger partial charge in [-0.25, -0.2) is 4.79 Å². The lowest BCUT2D eigenvalue weighted by molar-refractivity contribution is 0.0224. The smallest absolute Gasteiger partial charge is 0.410 e. The molecule has 1 aliphatic rings. The second-order valence-electron chi connectivity index (χ2n) is 9.02. The van der Waals surface area contributed by atoms with E-state index < -0.39 is 5.60 Å². The van der Waals surface area contributed by atoms with Crippen molar-refractivity contribution in [3.8, 4) is 0 Å². The Hall–Kier alpha value is -2.68. The average molecular weight is 519 g/mol. The summed E-state index contributed by atoms with van der Waals surface area (Å²) in [6.07, 6.45) is 0.868. The Kier molecular flexibility index (Phi) is 7.12. The van der Waals surface area contributed by atoms with Crippen molar-refractivity contribution in [2.45, 2.75) is 45.8 Å². The van der Waals surface area contributed by atoms with Crippen molar-refractivity contribution >= 4 is 51.7 Å². The summed E-state index contributed by atoms with van der Waals surface area (Å²) in [6.45, 7) is 6.55. The average Bonchev–Trinajstić information content (AvgIpc) is 3.21. The summed E-state index contributed by atoms with van der Waals surface area (Å²) in [5.41, 5.74) is 3.01. The third kappa shape index (κ3) is 6.05. The minimum atomic E-state index is -0.536. The van der Waals surface area contributed by atoms with E-state index in [0.29, 0.717) is 46.7 Å². The van der Waals surface area contributed by atoms with Gasteiger partial charge in [0.2, 0.25) is 5.13 Å². The number of amides is 2. The highest BCUT2D eigenvalue weighted by Crippen LogP contribution is 2.26. The molecule has 7 nitrogen and oxygen atoms in total. The molecule has 1 aliphatic heterocycles. The van der Waals surface area contributed by atoms with E-state index in [1.54, 1.807) is 23.1 Å². The molecule has 0 saturated heterocycles. The molecule has 0 bridgehead atoms. The molecule has 0 unspecified atom stereocenters. The second kappa shape index (κ2) is 9.90. The molecule has 0 atom stereocenters. The summed E-state index contributed by atoms with van der Waals surface area (Å²) in [5.74, 6) is -0.255. The number of fused-ring (bicyclic) bond motifs is 1. The van der Waals surface area contributed by atoms with Crippen LogP contribution in [0.3, 0.4) is 0 Å². The molecule has 0 aliphatic carbocycles. The number of benzene rings is 2. The van der Waals surface area contributed by atoms with Crippen LogP contribution < -0.4 is 5.32 Å². The number of hydrogen-bond donors (Lipinski definition) is 1. The maximum absolute atomic E-state index is 12.8. The third-order valence-corrected chi connectivity index (χ3v) is 6.74. The van der Waals surface area contributed by atoms with E-state index in [0.717, 1.165) is 21.7 Å². The first kappa shape index (κ1) is 24.4. The zero-order valence-electron chi connectivity index (χ0n) is 19.0. The Morgan fingerprint density at radius 3 is 2.62 bits per heavy atom. The molecule has 1 aromatic heterocycles. The van der Waals surface area contributed by atoms with E-state index in [1.165, 1.54) is 11.3 Å². The lowest BCUT2D eigenvalue weighted by atomic mass is 9.97. The Balaban J connectivity index is 1.38. The Morgan fingerprint density at radius 1 is 1.09 bits per heavy atom. The molecule has 2 heterocycles. The number of carbonyl (C=O) groups is 2. The van der Waals surface area contributed by atoms with E-state index in [9.17, 15) is 9.59 Å². The summed E-state index contributed by atoms with van der Waals surface area (Å²) >= 11 is 13.3. The Bertz CT molecular complexity index is 1240. The molecule has 0 spiro atoms. The third-order valence-electron chi connectivity index (χ3n) is 5.16. The van der Waals surface area contributed by atoms with Crippen molar-refractivity contribution < 1.29 is 14.3 Å². The summed E-state index contributed by atoms with van der Waals surface area (Å²) in [6, 6.07) is 10.9. The second-order valence-corrected chi connectivity index (χ2v) is 10.9. The zero-order valence-corrected chi connectivity index (χ0v) is 21.4. The fourth-order valence-electron chi connectivity index (χ4n) is 3.55. The first-order valence-corrected chi connectivity index (χ1v) is 12.3. The molecule has 2 aromatic carbocycles. The van der Waals surface area contributed by atoms with Crippen molar-refractivity contribution in [1.29, 1.82) is 0 Å². The number of carbonyl (C=O) groups excluding carboxylic acids is 2. The number of nitrogens with one attached hydrogen (secondary N) is 1. The minimum absolute atomic E-state index is 0.255. The van der Waals surface area contributed by atoms with Crippen molar-refractivity contribution in [1.82, 2.24) is 15.1 Å². The standard InChI is InChI=1S/C24H24Cl2N4O3S/c1-24(2,3)33-23(32)30-9-8-15-12-16(5-6-17(15)13-30)21(31)27-22-29-28-20(34-22)11-14-4-7-18(25)19(26)10-14/h4-7,10,12H,8-9,11,13H2,1-3H3,(H,27,29,31). The summed E-state index contributed by atoms with van der Waals surface area (Å²) in [4.78, 5) is 26.8. The number of rotatable bonds is 4. The van der Waals surface area contributed by atoms with E-state index in [2.05, 4.69) is 15.5 Å². The molecule has 4 rings (SSSR count). The van der Waals surface area contributed by atoms with Gasteiger partial charge in [-0.1, -0.05) is 46.7 Å². The normalized spacial score (nSPS) is 13.4. The van der Waals surface area contributed by atoms with Crippen molar-refractivity contribution in [3.05, 3.63) is 73.7 Å². The van der Waals surface area contributed by atoms with Gasteiger partial charge in [0.15, 0.2) is 0 Å². The van der Waals surface area contributed by atoms with Crippen LogP contribution in [-0.2, 0) is 24.1 Å². The Labute approximate surface area is 212 Å². The van der Waals surface area contributed by atoms with Crippen LogP contribution in [0.2, 0.25) is 10.0 Å². The maximum atomic E-state index is 12.8. The first-order valence-electron chi connectivity index (χ1n) is 10.7. The van der Waals surface area contributed by atoms with Crippen LogP contribution >= 0.6 is 34.5 Å². The van der Waals surface area contributed by atoms with Gasteiger partial charge in [-0.3, -0.25) is 10.1 Å². The lowest BCUT2D eigenvalue weighted by Crippen LogP contribution is -2.39. The number of anilines is 1. The van der Waals surface area contributed by atoms with Gasteiger partial charge in [-0.05, 0) is 68.1 Å². The topological polar surface area (TPSA) is 84.4 Å². The molecular formula is C24H24Cl2N4O3S. The molecule has 2 amide bonds. The maximum Gasteiger partial charge on any atom is 0.410 e. The summed E-state index contributed by atoms with van der Waals surface area (Å²) in [5, 5.41) is 13.2. The van der Waals surface area contributed by atoms with Gasteiger partial charge in [-0.2, -0.15) is 0 Å². The SMILES string of the molecule is CC(C)(C)OC(=O)N1CCc2cc(C(=O)Nc3nnc(Cc4ccc(Cl)c(Cl)c4)s3)ccc2C1. The lowest BCUT2D eigenvalue weighted by Gasteiger charge is -2.31. The van der Waals surface area contributed by atoms with Crippen LogP contribution in [0.15, 0.2) is 36.4 Å². The van der Waals surface area contributed by atoms with Crippen LogP contribution in [0.4, 0.5) is 9.93 Å². The molecule has 0 radical (unpaired) electrons. The fourth-order valence-corrected chi connectivity index (χ4v) is 4.64. The van der Waals surface area contributed by atoms with E-state index >= 15 is 0 Å². The molecule has 0 saturated carbocycles.